The van der Waals surface area contributed by atoms with E-state index in [-0.39, 0.29) is 11.7 Å². The lowest BCUT2D eigenvalue weighted by atomic mass is 10.2. The Morgan fingerprint density at radius 2 is 1.65 bits per heavy atom. The van der Waals surface area contributed by atoms with Crippen molar-refractivity contribution in [3.05, 3.63) is 58.0 Å². The zero-order valence-corrected chi connectivity index (χ0v) is 18.8. The van der Waals surface area contributed by atoms with Crippen molar-refractivity contribution in [3.63, 3.8) is 0 Å². The van der Waals surface area contributed by atoms with Gasteiger partial charge in [0, 0.05) is 75.7 Å². The molecule has 31 heavy (non-hydrogen) atoms. The molecule has 0 spiro atoms. The lowest BCUT2D eigenvalue weighted by molar-refractivity contribution is -0.134. The lowest BCUT2D eigenvalue weighted by Gasteiger charge is -2.38. The molecule has 2 fully saturated rings. The van der Waals surface area contributed by atoms with Gasteiger partial charge < -0.3 is 9.80 Å². The molecule has 0 atom stereocenters. The van der Waals surface area contributed by atoms with E-state index >= 15 is 0 Å². The molecule has 166 valence electrons. The Hall–Kier alpha value is -1.93. The number of hydrogen-bond acceptors (Lipinski definition) is 5. The summed E-state index contributed by atoms with van der Waals surface area (Å²) < 4.78 is 14.0. The van der Waals surface area contributed by atoms with E-state index in [0.717, 1.165) is 32.0 Å². The van der Waals surface area contributed by atoms with Crippen LogP contribution in [0.1, 0.15) is 5.56 Å². The molecule has 0 radical (unpaired) electrons. The summed E-state index contributed by atoms with van der Waals surface area (Å²) in [5.74, 6) is 0.794. The molecule has 6 nitrogen and oxygen atoms in total. The fraction of sp³-hybridized carbons (Fsp3) is 0.455. The highest BCUT2D eigenvalue weighted by Gasteiger charge is 2.25. The minimum atomic E-state index is -0.279. The molecule has 2 aromatic rings. The Morgan fingerprint density at radius 1 is 0.935 bits per heavy atom. The predicted molar refractivity (Wildman–Crippen MR) is 121 cm³/mol. The van der Waals surface area contributed by atoms with Crippen molar-refractivity contribution < 1.29 is 9.18 Å². The Labute approximate surface area is 192 Å². The number of rotatable bonds is 5. The molecule has 4 rings (SSSR count). The molecule has 0 saturated carbocycles. The lowest BCUT2D eigenvalue weighted by Crippen LogP contribution is -2.53. The van der Waals surface area contributed by atoms with E-state index < -0.39 is 0 Å². The first-order valence-corrected chi connectivity index (χ1v) is 11.3. The minimum Gasteiger partial charge on any atom is -0.354 e. The van der Waals surface area contributed by atoms with Gasteiger partial charge >= 0.3 is 0 Å². The summed E-state index contributed by atoms with van der Waals surface area (Å²) in [6.07, 6.45) is 1.66. The van der Waals surface area contributed by atoms with Crippen LogP contribution in [-0.2, 0) is 11.3 Å². The fourth-order valence-electron chi connectivity index (χ4n) is 4.04. The highest BCUT2D eigenvalue weighted by atomic mass is 35.5. The molecule has 3 heterocycles. The predicted octanol–water partition coefficient (Wildman–Crippen LogP) is 2.99. The van der Waals surface area contributed by atoms with Crippen LogP contribution in [-0.4, -0.2) is 84.5 Å². The quantitative estimate of drug-likeness (QED) is 0.678. The Morgan fingerprint density at radius 3 is 2.29 bits per heavy atom. The molecule has 0 aliphatic carbocycles. The first kappa shape index (κ1) is 22.3. The summed E-state index contributed by atoms with van der Waals surface area (Å²) in [5, 5.41) is 1.08. The molecule has 1 amide bonds. The molecule has 0 bridgehead atoms. The van der Waals surface area contributed by atoms with Crippen molar-refractivity contribution in [2.75, 3.05) is 63.8 Å². The molecule has 2 aliphatic heterocycles. The van der Waals surface area contributed by atoms with Gasteiger partial charge in [-0.3, -0.25) is 14.6 Å². The highest BCUT2D eigenvalue weighted by Crippen LogP contribution is 2.21. The van der Waals surface area contributed by atoms with Gasteiger partial charge in [0.15, 0.2) is 0 Å². The van der Waals surface area contributed by atoms with Crippen LogP contribution in [0.2, 0.25) is 10.0 Å². The molecule has 2 aliphatic rings. The topological polar surface area (TPSA) is 42.9 Å². The van der Waals surface area contributed by atoms with Crippen molar-refractivity contribution in [2.24, 2.45) is 0 Å². The van der Waals surface area contributed by atoms with Gasteiger partial charge in [0.05, 0.1) is 11.6 Å². The van der Waals surface area contributed by atoms with Crippen molar-refractivity contribution in [2.45, 2.75) is 6.54 Å². The molecule has 1 aromatic carbocycles. The third-order valence-corrected chi connectivity index (χ3v) is 6.51. The Kier molecular flexibility index (Phi) is 7.27. The second kappa shape index (κ2) is 10.1. The maximum atomic E-state index is 14.0. The maximum absolute atomic E-state index is 14.0. The van der Waals surface area contributed by atoms with E-state index in [1.54, 1.807) is 18.3 Å². The van der Waals surface area contributed by atoms with Crippen LogP contribution in [0, 0.1) is 5.82 Å². The van der Waals surface area contributed by atoms with Crippen LogP contribution >= 0.6 is 23.2 Å². The van der Waals surface area contributed by atoms with Crippen LogP contribution in [0.5, 0.6) is 0 Å². The number of benzene rings is 1. The molecular formula is C22H26Cl2FN5O. The van der Waals surface area contributed by atoms with Crippen LogP contribution < -0.4 is 4.90 Å². The van der Waals surface area contributed by atoms with E-state index in [1.165, 1.54) is 6.07 Å². The molecule has 1 aromatic heterocycles. The number of carbonyl (C=O) groups is 1. The number of anilines is 1. The van der Waals surface area contributed by atoms with Gasteiger partial charge in [-0.15, -0.1) is 0 Å². The van der Waals surface area contributed by atoms with Gasteiger partial charge in [0.25, 0.3) is 0 Å². The number of carbonyl (C=O) groups excluding carboxylic acids is 1. The smallest absolute Gasteiger partial charge is 0.236 e. The monoisotopic (exact) mass is 465 g/mol. The molecule has 0 unspecified atom stereocenters. The normalized spacial score (nSPS) is 18.4. The van der Waals surface area contributed by atoms with Gasteiger partial charge in [-0.1, -0.05) is 29.3 Å². The van der Waals surface area contributed by atoms with E-state index in [9.17, 15) is 9.18 Å². The Balaban J connectivity index is 1.21. The van der Waals surface area contributed by atoms with Gasteiger partial charge in [-0.2, -0.15) is 0 Å². The zero-order valence-electron chi connectivity index (χ0n) is 17.3. The van der Waals surface area contributed by atoms with E-state index in [0.29, 0.717) is 54.9 Å². The second-order valence-corrected chi connectivity index (χ2v) is 8.80. The second-order valence-electron chi connectivity index (χ2n) is 7.95. The minimum absolute atomic E-state index is 0.154. The molecule has 9 heteroatoms. The third-order valence-electron chi connectivity index (χ3n) is 5.94. The average Bonchev–Trinajstić information content (AvgIpc) is 2.78. The molecule has 0 N–H and O–H groups in total. The maximum Gasteiger partial charge on any atom is 0.236 e. The summed E-state index contributed by atoms with van der Waals surface area (Å²) in [4.78, 5) is 25.6. The largest absolute Gasteiger partial charge is 0.354 e. The van der Waals surface area contributed by atoms with Gasteiger partial charge in [0.2, 0.25) is 5.91 Å². The summed E-state index contributed by atoms with van der Waals surface area (Å²) in [7, 11) is 0. The SMILES string of the molecule is O=C(CN1CCN(c2ccc(Cl)cn2)CC1)N1CCN(Cc2c(F)cccc2Cl)CC1. The summed E-state index contributed by atoms with van der Waals surface area (Å²) in [5.41, 5.74) is 0.525. The summed E-state index contributed by atoms with van der Waals surface area (Å²) in [6.45, 7) is 6.94. The average molecular weight is 466 g/mol. The van der Waals surface area contributed by atoms with Crippen LogP contribution in [0.3, 0.4) is 0 Å². The Bertz CT molecular complexity index is 877. The fourth-order valence-corrected chi connectivity index (χ4v) is 4.38. The number of piperazine rings is 2. The van der Waals surface area contributed by atoms with Crippen molar-refractivity contribution in [1.29, 1.82) is 0 Å². The van der Waals surface area contributed by atoms with E-state index in [4.69, 9.17) is 23.2 Å². The summed E-state index contributed by atoms with van der Waals surface area (Å²) in [6, 6.07) is 8.53. The number of hydrogen-bond donors (Lipinski definition) is 0. The van der Waals surface area contributed by atoms with E-state index in [2.05, 4.69) is 19.7 Å². The molecule has 2 saturated heterocycles. The molecular weight excluding hydrogens is 440 g/mol. The van der Waals surface area contributed by atoms with E-state index in [1.807, 2.05) is 17.0 Å². The van der Waals surface area contributed by atoms with Gasteiger partial charge in [-0.05, 0) is 24.3 Å². The van der Waals surface area contributed by atoms with Crippen molar-refractivity contribution >= 4 is 34.9 Å². The van der Waals surface area contributed by atoms with Crippen molar-refractivity contribution in [1.82, 2.24) is 19.7 Å². The number of halogens is 3. The first-order valence-electron chi connectivity index (χ1n) is 10.5. The highest BCUT2D eigenvalue weighted by molar-refractivity contribution is 6.31. The van der Waals surface area contributed by atoms with Crippen LogP contribution in [0.25, 0.3) is 0 Å². The van der Waals surface area contributed by atoms with Gasteiger partial charge in [0.1, 0.15) is 11.6 Å². The van der Waals surface area contributed by atoms with Crippen LogP contribution in [0.15, 0.2) is 36.5 Å². The third kappa shape index (κ3) is 5.66. The van der Waals surface area contributed by atoms with Crippen LogP contribution in [0.4, 0.5) is 10.2 Å². The van der Waals surface area contributed by atoms with Crippen molar-refractivity contribution in [3.8, 4) is 0 Å². The summed E-state index contributed by atoms with van der Waals surface area (Å²) >= 11 is 12.1. The standard InChI is InChI=1S/C22H26Cl2FN5O/c23-17-4-5-21(26-14-17)29-10-6-28(7-11-29)16-22(31)30-12-8-27(9-13-30)15-18-19(24)2-1-3-20(18)25/h1-5,14H,6-13,15-16H2. The van der Waals surface area contributed by atoms with Gasteiger partial charge in [-0.25, -0.2) is 9.37 Å². The number of aromatic nitrogens is 1. The number of nitrogens with zero attached hydrogens (tertiary/aromatic N) is 5. The number of pyridine rings is 1. The zero-order chi connectivity index (χ0) is 21.8. The number of amides is 1. The first-order chi connectivity index (χ1) is 15.0.